The maximum absolute atomic E-state index is 13.3. The number of aromatic nitrogens is 1. The van der Waals surface area contributed by atoms with Crippen molar-refractivity contribution in [3.05, 3.63) is 65.5 Å². The molecule has 4 nitrogen and oxygen atoms in total. The highest BCUT2D eigenvalue weighted by molar-refractivity contribution is 5.94. The molecular weight excluding hydrogens is 288 g/mol. The Morgan fingerprint density at radius 2 is 2.00 bits per heavy atom. The lowest BCUT2D eigenvalue weighted by atomic mass is 10.1. The molecule has 0 aliphatic heterocycles. The summed E-state index contributed by atoms with van der Waals surface area (Å²) >= 11 is 0. The van der Waals surface area contributed by atoms with Crippen LogP contribution in [0.5, 0.6) is 0 Å². The average Bonchev–Trinajstić information content (AvgIpc) is 2.50. The van der Waals surface area contributed by atoms with Gasteiger partial charge in [0.1, 0.15) is 11.6 Å². The van der Waals surface area contributed by atoms with Crippen molar-refractivity contribution in [3.8, 4) is 6.07 Å². The molecule has 22 heavy (non-hydrogen) atoms. The van der Waals surface area contributed by atoms with E-state index in [1.807, 2.05) is 6.07 Å². The molecule has 0 saturated heterocycles. The van der Waals surface area contributed by atoms with Gasteiger partial charge in [-0.25, -0.2) is 8.78 Å². The third kappa shape index (κ3) is 4.09. The predicted molar refractivity (Wildman–Crippen MR) is 75.6 cm³/mol. The van der Waals surface area contributed by atoms with Gasteiger partial charge in [0.25, 0.3) is 5.91 Å². The molecule has 2 rings (SSSR count). The van der Waals surface area contributed by atoms with Gasteiger partial charge in [0, 0.05) is 37.1 Å². The molecule has 0 fully saturated rings. The summed E-state index contributed by atoms with van der Waals surface area (Å²) < 4.78 is 26.5. The van der Waals surface area contributed by atoms with Crippen LogP contribution in [0.25, 0.3) is 0 Å². The van der Waals surface area contributed by atoms with Crippen LogP contribution >= 0.6 is 0 Å². The monoisotopic (exact) mass is 301 g/mol. The highest BCUT2D eigenvalue weighted by Gasteiger charge is 2.17. The molecule has 0 aliphatic carbocycles. The summed E-state index contributed by atoms with van der Waals surface area (Å²) in [6, 6.07) is 8.13. The summed E-state index contributed by atoms with van der Waals surface area (Å²) in [4.78, 5) is 17.7. The number of rotatable bonds is 5. The lowest BCUT2D eigenvalue weighted by Crippen LogP contribution is -2.31. The van der Waals surface area contributed by atoms with E-state index in [0.717, 1.165) is 17.7 Å². The van der Waals surface area contributed by atoms with E-state index >= 15 is 0 Å². The first-order valence-electron chi connectivity index (χ1n) is 6.61. The summed E-state index contributed by atoms with van der Waals surface area (Å²) in [7, 11) is 0. The number of nitriles is 1. The van der Waals surface area contributed by atoms with Crippen molar-refractivity contribution in [2.24, 2.45) is 0 Å². The molecular formula is C16H13F2N3O. The molecule has 0 spiro atoms. The van der Waals surface area contributed by atoms with Gasteiger partial charge in [-0.05, 0) is 23.8 Å². The van der Waals surface area contributed by atoms with Gasteiger partial charge in [0.05, 0.1) is 12.5 Å². The number of hydrogen-bond acceptors (Lipinski definition) is 3. The standard InChI is InChI=1S/C16H13F2N3O/c17-14-7-13(8-15(18)9-14)16(22)21(6-2-4-19)11-12-3-1-5-20-10-12/h1,3,5,7-10H,2,6,11H2. The van der Waals surface area contributed by atoms with E-state index in [4.69, 9.17) is 5.26 Å². The van der Waals surface area contributed by atoms with Crippen LogP contribution in [0.1, 0.15) is 22.3 Å². The number of hydrogen-bond donors (Lipinski definition) is 0. The molecule has 1 heterocycles. The molecule has 1 aromatic carbocycles. The van der Waals surface area contributed by atoms with Gasteiger partial charge in [-0.3, -0.25) is 9.78 Å². The second kappa shape index (κ2) is 7.27. The average molecular weight is 301 g/mol. The number of pyridine rings is 1. The largest absolute Gasteiger partial charge is 0.333 e. The first-order chi connectivity index (χ1) is 10.6. The second-order valence-corrected chi connectivity index (χ2v) is 4.65. The summed E-state index contributed by atoms with van der Waals surface area (Å²) in [6.07, 6.45) is 3.33. The highest BCUT2D eigenvalue weighted by atomic mass is 19.1. The van der Waals surface area contributed by atoms with E-state index in [2.05, 4.69) is 4.98 Å². The molecule has 0 saturated carbocycles. The summed E-state index contributed by atoms with van der Waals surface area (Å²) in [5.74, 6) is -2.16. The van der Waals surface area contributed by atoms with Gasteiger partial charge in [-0.2, -0.15) is 5.26 Å². The van der Waals surface area contributed by atoms with Crippen LogP contribution in [-0.2, 0) is 6.54 Å². The van der Waals surface area contributed by atoms with Crippen molar-refractivity contribution in [2.75, 3.05) is 6.54 Å². The van der Waals surface area contributed by atoms with Gasteiger partial charge in [-0.1, -0.05) is 6.07 Å². The van der Waals surface area contributed by atoms with E-state index in [1.54, 1.807) is 24.5 Å². The first-order valence-corrected chi connectivity index (χ1v) is 6.61. The molecule has 0 aliphatic rings. The molecule has 0 atom stereocenters. The molecule has 112 valence electrons. The highest BCUT2D eigenvalue weighted by Crippen LogP contribution is 2.13. The maximum Gasteiger partial charge on any atom is 0.254 e. The Labute approximate surface area is 126 Å². The number of carbonyl (C=O) groups is 1. The third-order valence-corrected chi connectivity index (χ3v) is 2.99. The SMILES string of the molecule is N#CCCN(Cc1cccnc1)C(=O)c1cc(F)cc(F)c1. The van der Waals surface area contributed by atoms with Crippen molar-refractivity contribution < 1.29 is 13.6 Å². The molecule has 1 aromatic heterocycles. The minimum absolute atomic E-state index is 0.0840. The molecule has 0 radical (unpaired) electrons. The van der Waals surface area contributed by atoms with E-state index < -0.39 is 17.5 Å². The van der Waals surface area contributed by atoms with Crippen molar-refractivity contribution >= 4 is 5.91 Å². The fraction of sp³-hybridized carbons (Fsp3) is 0.188. The molecule has 0 N–H and O–H groups in total. The summed E-state index contributed by atoms with van der Waals surface area (Å²) in [5.41, 5.74) is 0.685. The van der Waals surface area contributed by atoms with Crippen LogP contribution in [0.4, 0.5) is 8.78 Å². The zero-order valence-electron chi connectivity index (χ0n) is 11.7. The minimum Gasteiger partial charge on any atom is -0.333 e. The topological polar surface area (TPSA) is 57.0 Å². The lowest BCUT2D eigenvalue weighted by molar-refractivity contribution is 0.0745. The van der Waals surface area contributed by atoms with Crippen molar-refractivity contribution in [1.29, 1.82) is 5.26 Å². The number of nitrogens with zero attached hydrogens (tertiary/aromatic N) is 3. The molecule has 1 amide bonds. The molecule has 6 heteroatoms. The maximum atomic E-state index is 13.3. The summed E-state index contributed by atoms with van der Waals surface area (Å²) in [5, 5.41) is 8.70. The Morgan fingerprint density at radius 1 is 1.27 bits per heavy atom. The fourth-order valence-electron chi connectivity index (χ4n) is 2.01. The normalized spacial score (nSPS) is 10.0. The van der Waals surface area contributed by atoms with Gasteiger partial charge in [-0.15, -0.1) is 0 Å². The first kappa shape index (κ1) is 15.6. The zero-order chi connectivity index (χ0) is 15.9. The van der Waals surface area contributed by atoms with Gasteiger partial charge >= 0.3 is 0 Å². The van der Waals surface area contributed by atoms with E-state index in [1.165, 1.54) is 4.90 Å². The third-order valence-electron chi connectivity index (χ3n) is 2.99. The van der Waals surface area contributed by atoms with Crippen LogP contribution in [0.15, 0.2) is 42.7 Å². The van der Waals surface area contributed by atoms with Crippen molar-refractivity contribution in [1.82, 2.24) is 9.88 Å². The zero-order valence-corrected chi connectivity index (χ0v) is 11.7. The Hall–Kier alpha value is -2.81. The van der Waals surface area contributed by atoms with E-state index in [9.17, 15) is 13.6 Å². The van der Waals surface area contributed by atoms with Crippen molar-refractivity contribution in [3.63, 3.8) is 0 Å². The Morgan fingerprint density at radius 3 is 2.59 bits per heavy atom. The van der Waals surface area contributed by atoms with Crippen LogP contribution in [-0.4, -0.2) is 22.3 Å². The predicted octanol–water partition coefficient (Wildman–Crippen LogP) is 2.92. The van der Waals surface area contributed by atoms with Gasteiger partial charge in [0.2, 0.25) is 0 Å². The number of benzene rings is 1. The molecule has 0 unspecified atom stereocenters. The quantitative estimate of drug-likeness (QED) is 0.853. The Balaban J connectivity index is 2.24. The van der Waals surface area contributed by atoms with Gasteiger partial charge < -0.3 is 4.90 Å². The van der Waals surface area contributed by atoms with E-state index in [0.29, 0.717) is 6.07 Å². The van der Waals surface area contributed by atoms with Gasteiger partial charge in [0.15, 0.2) is 0 Å². The molecule has 0 bridgehead atoms. The number of amides is 1. The molecule has 2 aromatic rings. The Kier molecular flexibility index (Phi) is 5.15. The lowest BCUT2D eigenvalue weighted by Gasteiger charge is -2.21. The summed E-state index contributed by atoms with van der Waals surface area (Å²) in [6.45, 7) is 0.384. The smallest absolute Gasteiger partial charge is 0.254 e. The van der Waals surface area contributed by atoms with Crippen LogP contribution in [0.3, 0.4) is 0 Å². The number of carbonyl (C=O) groups excluding carboxylic acids is 1. The fourth-order valence-corrected chi connectivity index (χ4v) is 2.01. The van der Waals surface area contributed by atoms with Crippen molar-refractivity contribution in [2.45, 2.75) is 13.0 Å². The number of halogens is 2. The van der Waals surface area contributed by atoms with Crippen LogP contribution < -0.4 is 0 Å². The van der Waals surface area contributed by atoms with Crippen LogP contribution in [0, 0.1) is 23.0 Å². The van der Waals surface area contributed by atoms with E-state index in [-0.39, 0.29) is 25.1 Å². The second-order valence-electron chi connectivity index (χ2n) is 4.65. The minimum atomic E-state index is -0.815. The van der Waals surface area contributed by atoms with Crippen LogP contribution in [0.2, 0.25) is 0 Å². The Bertz CT molecular complexity index is 678.